The van der Waals surface area contributed by atoms with Crippen LogP contribution in [0.5, 0.6) is 17.4 Å². The Balaban J connectivity index is 1.93. The second-order valence-electron chi connectivity index (χ2n) is 4.21. The van der Waals surface area contributed by atoms with Gasteiger partial charge in [-0.2, -0.15) is 4.98 Å². The maximum absolute atomic E-state index is 5.70. The Bertz CT molecular complexity index is 759. The molecule has 100 valence electrons. The van der Waals surface area contributed by atoms with Gasteiger partial charge in [-0.15, -0.1) is 0 Å². The molecular weight excluding hydrogens is 254 g/mol. The second-order valence-corrected chi connectivity index (χ2v) is 4.21. The average molecular weight is 267 g/mol. The lowest BCUT2D eigenvalue weighted by molar-refractivity contribution is 0.407. The number of benzene rings is 1. The van der Waals surface area contributed by atoms with E-state index in [-0.39, 0.29) is 0 Å². The largest absolute Gasteiger partial charge is 0.497 e. The molecule has 2 N–H and O–H groups in total. The van der Waals surface area contributed by atoms with Gasteiger partial charge in [0, 0.05) is 17.5 Å². The lowest BCUT2D eigenvalue weighted by Gasteiger charge is -2.07. The molecular formula is C15H13N3O2. The van der Waals surface area contributed by atoms with E-state index in [4.69, 9.17) is 15.2 Å². The highest BCUT2D eigenvalue weighted by atomic mass is 16.5. The first-order chi connectivity index (χ1) is 9.74. The van der Waals surface area contributed by atoms with Crippen LogP contribution in [0.15, 0.2) is 48.5 Å². The van der Waals surface area contributed by atoms with Gasteiger partial charge in [-0.25, -0.2) is 4.98 Å². The van der Waals surface area contributed by atoms with Crippen molar-refractivity contribution in [3.05, 3.63) is 48.5 Å². The third-order valence-electron chi connectivity index (χ3n) is 2.81. The zero-order valence-electron chi connectivity index (χ0n) is 10.9. The van der Waals surface area contributed by atoms with Gasteiger partial charge in [0.2, 0.25) is 5.88 Å². The monoisotopic (exact) mass is 267 g/mol. The summed E-state index contributed by atoms with van der Waals surface area (Å²) >= 11 is 0. The minimum atomic E-state index is 0.434. The van der Waals surface area contributed by atoms with Crippen molar-refractivity contribution in [1.82, 2.24) is 9.97 Å². The van der Waals surface area contributed by atoms with Crippen LogP contribution in [-0.4, -0.2) is 17.1 Å². The second kappa shape index (κ2) is 5.05. The van der Waals surface area contributed by atoms with Crippen LogP contribution in [0.25, 0.3) is 11.0 Å². The van der Waals surface area contributed by atoms with Crippen LogP contribution < -0.4 is 15.2 Å². The molecule has 0 unspecified atom stereocenters. The Kier molecular flexibility index (Phi) is 3.09. The molecule has 0 aliphatic heterocycles. The van der Waals surface area contributed by atoms with Crippen LogP contribution in [0, 0.1) is 0 Å². The fourth-order valence-electron chi connectivity index (χ4n) is 1.84. The summed E-state index contributed by atoms with van der Waals surface area (Å²) in [7, 11) is 1.61. The summed E-state index contributed by atoms with van der Waals surface area (Å²) in [5.74, 6) is 2.28. The molecule has 5 heteroatoms. The zero-order chi connectivity index (χ0) is 13.9. The minimum Gasteiger partial charge on any atom is -0.497 e. The number of nitrogens with two attached hydrogens (primary N) is 1. The fraction of sp³-hybridized carbons (Fsp3) is 0.0667. The average Bonchev–Trinajstić information content (AvgIpc) is 2.47. The number of hydrogen-bond donors (Lipinski definition) is 1. The number of rotatable bonds is 3. The summed E-state index contributed by atoms with van der Waals surface area (Å²) in [5.41, 5.74) is 6.22. The molecule has 1 aromatic carbocycles. The van der Waals surface area contributed by atoms with Crippen LogP contribution in [0.2, 0.25) is 0 Å². The lowest BCUT2D eigenvalue weighted by atomic mass is 10.3. The highest BCUT2D eigenvalue weighted by Crippen LogP contribution is 2.25. The quantitative estimate of drug-likeness (QED) is 0.789. The summed E-state index contributed by atoms with van der Waals surface area (Å²) in [6.45, 7) is 0. The van der Waals surface area contributed by atoms with E-state index >= 15 is 0 Å². The molecule has 0 amide bonds. The molecule has 0 bridgehead atoms. The number of anilines is 1. The molecule has 0 atom stereocenters. The van der Waals surface area contributed by atoms with E-state index in [1.807, 2.05) is 30.3 Å². The summed E-state index contributed by atoms with van der Waals surface area (Å²) in [6.07, 6.45) is 0. The molecule has 3 rings (SSSR count). The normalized spacial score (nSPS) is 10.4. The third-order valence-corrected chi connectivity index (χ3v) is 2.81. The number of fused-ring (bicyclic) bond motifs is 1. The van der Waals surface area contributed by atoms with E-state index < -0.39 is 0 Å². The van der Waals surface area contributed by atoms with Crippen molar-refractivity contribution in [1.29, 1.82) is 0 Å². The molecule has 0 aliphatic carbocycles. The Hall–Kier alpha value is -2.82. The molecule has 0 aliphatic rings. The van der Waals surface area contributed by atoms with Gasteiger partial charge < -0.3 is 15.2 Å². The van der Waals surface area contributed by atoms with E-state index in [9.17, 15) is 0 Å². The van der Waals surface area contributed by atoms with Crippen LogP contribution >= 0.6 is 0 Å². The topological polar surface area (TPSA) is 70.3 Å². The van der Waals surface area contributed by atoms with Gasteiger partial charge in [-0.3, -0.25) is 0 Å². The molecule has 0 radical (unpaired) electrons. The first-order valence-electron chi connectivity index (χ1n) is 6.10. The molecule has 2 aromatic heterocycles. The number of nitrogen functional groups attached to an aromatic ring is 1. The van der Waals surface area contributed by atoms with Crippen molar-refractivity contribution in [3.8, 4) is 17.4 Å². The Morgan fingerprint density at radius 1 is 0.950 bits per heavy atom. The number of ether oxygens (including phenoxy) is 2. The summed E-state index contributed by atoms with van der Waals surface area (Å²) < 4.78 is 10.8. The van der Waals surface area contributed by atoms with Gasteiger partial charge in [0.1, 0.15) is 17.3 Å². The maximum Gasteiger partial charge on any atom is 0.221 e. The molecule has 5 nitrogen and oxygen atoms in total. The van der Waals surface area contributed by atoms with Gasteiger partial charge >= 0.3 is 0 Å². The number of methoxy groups -OCH3 is 1. The maximum atomic E-state index is 5.70. The lowest BCUT2D eigenvalue weighted by Crippen LogP contribution is -1.94. The van der Waals surface area contributed by atoms with Gasteiger partial charge in [0.25, 0.3) is 0 Å². The van der Waals surface area contributed by atoms with Gasteiger partial charge in [0.15, 0.2) is 5.65 Å². The number of pyridine rings is 2. The molecule has 0 spiro atoms. The predicted octanol–water partition coefficient (Wildman–Crippen LogP) is 3.01. The number of nitrogens with zero attached hydrogens (tertiary/aromatic N) is 2. The van der Waals surface area contributed by atoms with E-state index in [1.54, 1.807) is 25.3 Å². The summed E-state index contributed by atoms with van der Waals surface area (Å²) in [5, 5.41) is 0.914. The Morgan fingerprint density at radius 2 is 1.75 bits per heavy atom. The van der Waals surface area contributed by atoms with E-state index in [2.05, 4.69) is 9.97 Å². The minimum absolute atomic E-state index is 0.434. The van der Waals surface area contributed by atoms with Gasteiger partial charge in [0.05, 0.1) is 7.11 Å². The van der Waals surface area contributed by atoms with Crippen LogP contribution in [0.1, 0.15) is 0 Å². The zero-order valence-corrected chi connectivity index (χ0v) is 10.9. The number of hydrogen-bond acceptors (Lipinski definition) is 5. The highest BCUT2D eigenvalue weighted by Gasteiger charge is 2.03. The van der Waals surface area contributed by atoms with Crippen molar-refractivity contribution in [2.75, 3.05) is 12.8 Å². The molecule has 3 aromatic rings. The fourth-order valence-corrected chi connectivity index (χ4v) is 1.84. The smallest absolute Gasteiger partial charge is 0.221 e. The summed E-state index contributed by atoms with van der Waals surface area (Å²) in [4.78, 5) is 8.51. The highest BCUT2D eigenvalue weighted by molar-refractivity contribution is 5.76. The van der Waals surface area contributed by atoms with Crippen molar-refractivity contribution < 1.29 is 9.47 Å². The molecule has 0 fully saturated rings. The van der Waals surface area contributed by atoms with Gasteiger partial charge in [-0.05, 0) is 30.3 Å². The Labute approximate surface area is 116 Å². The molecule has 2 heterocycles. The Morgan fingerprint density at radius 3 is 2.60 bits per heavy atom. The van der Waals surface area contributed by atoms with E-state index in [1.165, 1.54) is 0 Å². The SMILES string of the molecule is COc1cccc(Oc2ccc3ccc(N)nc3n2)c1. The van der Waals surface area contributed by atoms with E-state index in [0.717, 1.165) is 11.1 Å². The first kappa shape index (κ1) is 12.2. The molecule has 0 saturated carbocycles. The van der Waals surface area contributed by atoms with Crippen molar-refractivity contribution >= 4 is 16.9 Å². The van der Waals surface area contributed by atoms with Crippen LogP contribution in [-0.2, 0) is 0 Å². The van der Waals surface area contributed by atoms with Crippen LogP contribution in [0.3, 0.4) is 0 Å². The predicted molar refractivity (Wildman–Crippen MR) is 77.0 cm³/mol. The first-order valence-corrected chi connectivity index (χ1v) is 6.10. The van der Waals surface area contributed by atoms with Crippen molar-refractivity contribution in [2.45, 2.75) is 0 Å². The number of aromatic nitrogens is 2. The van der Waals surface area contributed by atoms with Crippen molar-refractivity contribution in [2.24, 2.45) is 0 Å². The van der Waals surface area contributed by atoms with Gasteiger partial charge in [-0.1, -0.05) is 6.07 Å². The molecule has 0 saturated heterocycles. The van der Waals surface area contributed by atoms with E-state index in [0.29, 0.717) is 23.1 Å². The summed E-state index contributed by atoms with van der Waals surface area (Å²) in [6, 6.07) is 14.6. The standard InChI is InChI=1S/C15H13N3O2/c1-19-11-3-2-4-12(9-11)20-14-8-6-10-5-7-13(16)17-15(10)18-14/h2-9H,1H3,(H2,16,17,18). The van der Waals surface area contributed by atoms with Crippen molar-refractivity contribution in [3.63, 3.8) is 0 Å². The molecule has 20 heavy (non-hydrogen) atoms. The van der Waals surface area contributed by atoms with Crippen LogP contribution in [0.4, 0.5) is 5.82 Å². The third kappa shape index (κ3) is 2.47.